The Hall–Kier alpha value is -3.28. The molecular formula is C30H31FN2O2. The summed E-state index contributed by atoms with van der Waals surface area (Å²) in [6, 6.07) is 24.8. The van der Waals surface area contributed by atoms with Gasteiger partial charge in [-0.05, 0) is 60.3 Å². The van der Waals surface area contributed by atoms with E-state index in [1.54, 1.807) is 12.1 Å². The molecule has 2 saturated heterocycles. The minimum absolute atomic E-state index is 0.0561. The summed E-state index contributed by atoms with van der Waals surface area (Å²) < 4.78 is 13.4. The third-order valence-electron chi connectivity index (χ3n) is 7.34. The van der Waals surface area contributed by atoms with Crippen LogP contribution in [-0.4, -0.2) is 59.1 Å². The van der Waals surface area contributed by atoms with Crippen LogP contribution in [0.4, 0.5) is 4.39 Å². The summed E-state index contributed by atoms with van der Waals surface area (Å²) in [5.41, 5.74) is 3.99. The molecule has 1 amide bonds. The number of aliphatic hydroxyl groups is 1. The minimum Gasteiger partial charge on any atom is -0.395 e. The first-order chi connectivity index (χ1) is 17.1. The molecule has 3 atom stereocenters. The minimum atomic E-state index is -0.340. The highest BCUT2D eigenvalue weighted by molar-refractivity contribution is 5.94. The summed E-state index contributed by atoms with van der Waals surface area (Å²) in [5.74, 6) is -0.236. The summed E-state index contributed by atoms with van der Waals surface area (Å²) in [7, 11) is 0. The first kappa shape index (κ1) is 23.5. The maximum Gasteiger partial charge on any atom is 0.253 e. The van der Waals surface area contributed by atoms with Gasteiger partial charge in [0.25, 0.3) is 5.91 Å². The standard InChI is InChI=1S/C30H31FN2O2/c31-26-16-14-25(15-17-26)30(35)32-18-4-5-19-33-27(20-32)29(28(33)21-34)24-12-10-23(11-13-24)9-8-22-6-2-1-3-7-22/h1-3,6-17,27-29,34H,4-5,18-21H2/b9-8+/t27-,28-,29-/m1/s1. The van der Waals surface area contributed by atoms with E-state index in [-0.39, 0.29) is 36.3 Å². The molecule has 2 aliphatic heterocycles. The second kappa shape index (κ2) is 10.5. The van der Waals surface area contributed by atoms with E-state index in [1.807, 2.05) is 23.1 Å². The van der Waals surface area contributed by atoms with Crippen LogP contribution in [0.15, 0.2) is 78.9 Å². The number of halogens is 1. The van der Waals surface area contributed by atoms with Crippen LogP contribution in [0.2, 0.25) is 0 Å². The number of aliphatic hydroxyl groups excluding tert-OH is 1. The summed E-state index contributed by atoms with van der Waals surface area (Å²) in [6.07, 6.45) is 6.11. The zero-order valence-electron chi connectivity index (χ0n) is 19.8. The van der Waals surface area contributed by atoms with E-state index in [0.717, 1.165) is 30.5 Å². The third kappa shape index (κ3) is 5.07. The maximum absolute atomic E-state index is 13.4. The van der Waals surface area contributed by atoms with Crippen LogP contribution >= 0.6 is 0 Å². The maximum atomic E-state index is 13.4. The van der Waals surface area contributed by atoms with Gasteiger partial charge in [-0.25, -0.2) is 4.39 Å². The van der Waals surface area contributed by atoms with E-state index in [1.165, 1.54) is 17.7 Å². The van der Waals surface area contributed by atoms with Crippen molar-refractivity contribution >= 4 is 18.1 Å². The molecule has 2 heterocycles. The zero-order chi connectivity index (χ0) is 24.2. The molecule has 0 aromatic heterocycles. The number of fused-ring (bicyclic) bond motifs is 1. The highest BCUT2D eigenvalue weighted by Crippen LogP contribution is 2.42. The number of rotatable bonds is 5. The molecule has 0 spiro atoms. The Bertz CT molecular complexity index is 1160. The molecule has 2 fully saturated rings. The molecule has 35 heavy (non-hydrogen) atoms. The van der Waals surface area contributed by atoms with Crippen molar-refractivity contribution in [3.8, 4) is 0 Å². The Morgan fingerprint density at radius 3 is 2.23 bits per heavy atom. The number of nitrogens with zero attached hydrogens (tertiary/aromatic N) is 2. The average molecular weight is 471 g/mol. The van der Waals surface area contributed by atoms with Crippen molar-refractivity contribution in [3.63, 3.8) is 0 Å². The van der Waals surface area contributed by atoms with Crippen LogP contribution in [0, 0.1) is 5.82 Å². The Labute approximate surface area is 206 Å². The van der Waals surface area contributed by atoms with Crippen molar-refractivity contribution in [3.05, 3.63) is 107 Å². The fourth-order valence-electron chi connectivity index (χ4n) is 5.49. The molecule has 2 aliphatic rings. The zero-order valence-corrected chi connectivity index (χ0v) is 19.8. The summed E-state index contributed by atoms with van der Waals surface area (Å²) in [6.45, 7) is 2.33. The van der Waals surface area contributed by atoms with Crippen LogP contribution in [0.1, 0.15) is 45.8 Å². The molecule has 3 aromatic rings. The first-order valence-electron chi connectivity index (χ1n) is 12.4. The topological polar surface area (TPSA) is 43.8 Å². The summed E-state index contributed by atoms with van der Waals surface area (Å²) in [4.78, 5) is 17.5. The smallest absolute Gasteiger partial charge is 0.253 e. The van der Waals surface area contributed by atoms with Crippen LogP contribution in [0.5, 0.6) is 0 Å². The summed E-state index contributed by atoms with van der Waals surface area (Å²) in [5, 5.41) is 10.2. The second-order valence-electron chi connectivity index (χ2n) is 9.46. The van der Waals surface area contributed by atoms with Gasteiger partial charge >= 0.3 is 0 Å². The van der Waals surface area contributed by atoms with Gasteiger partial charge in [-0.1, -0.05) is 66.7 Å². The van der Waals surface area contributed by atoms with Gasteiger partial charge in [0, 0.05) is 36.7 Å². The molecular weight excluding hydrogens is 439 g/mol. The number of hydrogen-bond acceptors (Lipinski definition) is 3. The Morgan fingerprint density at radius 2 is 1.54 bits per heavy atom. The largest absolute Gasteiger partial charge is 0.395 e. The number of carbonyl (C=O) groups excluding carboxylic acids is 1. The van der Waals surface area contributed by atoms with Crippen LogP contribution in [0.3, 0.4) is 0 Å². The molecule has 0 radical (unpaired) electrons. The SMILES string of the molecule is O=C(c1ccc(F)cc1)N1CCCCN2[C@H](CO)[C@H](c3ccc(/C=C/c4ccccc4)cc3)[C@H]2C1. The van der Waals surface area contributed by atoms with E-state index in [0.29, 0.717) is 18.7 Å². The average Bonchev–Trinajstić information content (AvgIpc) is 2.88. The van der Waals surface area contributed by atoms with Crippen LogP contribution in [-0.2, 0) is 0 Å². The van der Waals surface area contributed by atoms with Crippen molar-refractivity contribution in [1.82, 2.24) is 9.80 Å². The molecule has 0 aliphatic carbocycles. The van der Waals surface area contributed by atoms with E-state index >= 15 is 0 Å². The Balaban J connectivity index is 1.34. The number of benzene rings is 3. The summed E-state index contributed by atoms with van der Waals surface area (Å²) >= 11 is 0. The van der Waals surface area contributed by atoms with E-state index in [2.05, 4.69) is 53.5 Å². The predicted molar refractivity (Wildman–Crippen MR) is 137 cm³/mol. The van der Waals surface area contributed by atoms with E-state index < -0.39 is 0 Å². The Kier molecular flexibility index (Phi) is 7.07. The molecule has 0 bridgehead atoms. The van der Waals surface area contributed by atoms with Crippen molar-refractivity contribution in [2.75, 3.05) is 26.2 Å². The van der Waals surface area contributed by atoms with Gasteiger partial charge in [0.2, 0.25) is 0 Å². The van der Waals surface area contributed by atoms with Crippen molar-refractivity contribution in [2.24, 2.45) is 0 Å². The van der Waals surface area contributed by atoms with E-state index in [4.69, 9.17) is 0 Å². The number of hydrogen-bond donors (Lipinski definition) is 1. The molecule has 5 heteroatoms. The lowest BCUT2D eigenvalue weighted by Gasteiger charge is -2.57. The quantitative estimate of drug-likeness (QED) is 0.530. The highest BCUT2D eigenvalue weighted by Gasteiger charge is 2.49. The fourth-order valence-corrected chi connectivity index (χ4v) is 5.49. The van der Waals surface area contributed by atoms with Gasteiger partial charge in [-0.15, -0.1) is 0 Å². The molecule has 180 valence electrons. The highest BCUT2D eigenvalue weighted by atomic mass is 19.1. The second-order valence-corrected chi connectivity index (χ2v) is 9.46. The molecule has 0 saturated carbocycles. The molecule has 0 unspecified atom stereocenters. The molecule has 5 rings (SSSR count). The van der Waals surface area contributed by atoms with Gasteiger partial charge in [0.1, 0.15) is 5.82 Å². The van der Waals surface area contributed by atoms with Gasteiger partial charge in [-0.3, -0.25) is 9.69 Å². The predicted octanol–water partition coefficient (Wildman–Crippen LogP) is 5.06. The van der Waals surface area contributed by atoms with Crippen molar-refractivity contribution in [1.29, 1.82) is 0 Å². The van der Waals surface area contributed by atoms with Crippen LogP contribution in [0.25, 0.3) is 12.2 Å². The third-order valence-corrected chi connectivity index (χ3v) is 7.34. The normalized spacial score (nSPS) is 22.8. The number of carbonyl (C=O) groups is 1. The first-order valence-corrected chi connectivity index (χ1v) is 12.4. The van der Waals surface area contributed by atoms with E-state index in [9.17, 15) is 14.3 Å². The molecule has 1 N–H and O–H groups in total. The lowest BCUT2D eigenvalue weighted by atomic mass is 9.74. The van der Waals surface area contributed by atoms with Gasteiger partial charge in [-0.2, -0.15) is 0 Å². The van der Waals surface area contributed by atoms with Gasteiger partial charge in [0.15, 0.2) is 0 Å². The Morgan fingerprint density at radius 1 is 0.886 bits per heavy atom. The fraction of sp³-hybridized carbons (Fsp3) is 0.300. The van der Waals surface area contributed by atoms with Crippen LogP contribution < -0.4 is 0 Å². The monoisotopic (exact) mass is 470 g/mol. The molecule has 4 nitrogen and oxygen atoms in total. The van der Waals surface area contributed by atoms with Gasteiger partial charge in [0.05, 0.1) is 6.61 Å². The molecule has 3 aromatic carbocycles. The lowest BCUT2D eigenvalue weighted by Crippen LogP contribution is -2.67. The van der Waals surface area contributed by atoms with Crippen molar-refractivity contribution < 1.29 is 14.3 Å². The van der Waals surface area contributed by atoms with Gasteiger partial charge < -0.3 is 10.0 Å². The van der Waals surface area contributed by atoms with Crippen molar-refractivity contribution in [2.45, 2.75) is 30.8 Å². The number of amides is 1. The lowest BCUT2D eigenvalue weighted by molar-refractivity contribution is -0.0606.